The number of nitrogens with one attached hydrogen (secondary N) is 1. The van der Waals surface area contributed by atoms with Gasteiger partial charge in [0, 0.05) is 0 Å². The number of nitrogens with two attached hydrogens (primary N) is 1. The highest BCUT2D eigenvalue weighted by Crippen LogP contribution is 2.09. The maximum atomic E-state index is 11.8. The zero-order chi connectivity index (χ0) is 12.1. The molecule has 2 rings (SSSR count). The number of furan rings is 1. The monoisotopic (exact) mass is 230 g/mol. The molecule has 1 unspecified atom stereocenters. The molecule has 0 spiro atoms. The van der Waals surface area contributed by atoms with Crippen molar-refractivity contribution in [2.24, 2.45) is 5.73 Å². The van der Waals surface area contributed by atoms with Gasteiger partial charge in [-0.1, -0.05) is 30.3 Å². The molecular formula is C13H14N2O2. The summed E-state index contributed by atoms with van der Waals surface area (Å²) in [5.41, 5.74) is 6.63. The first-order chi connectivity index (χ1) is 8.27. The summed E-state index contributed by atoms with van der Waals surface area (Å²) >= 11 is 0. The Morgan fingerprint density at radius 3 is 2.65 bits per heavy atom. The van der Waals surface area contributed by atoms with Crippen molar-refractivity contribution in [1.29, 1.82) is 0 Å². The SMILES string of the molecule is NC(C(=O)NCc1ccco1)c1ccccc1. The van der Waals surface area contributed by atoms with Crippen LogP contribution in [0.15, 0.2) is 53.1 Å². The van der Waals surface area contributed by atoms with Crippen molar-refractivity contribution in [1.82, 2.24) is 5.32 Å². The molecule has 0 saturated carbocycles. The van der Waals surface area contributed by atoms with Crippen LogP contribution in [0.3, 0.4) is 0 Å². The van der Waals surface area contributed by atoms with Crippen LogP contribution in [-0.2, 0) is 11.3 Å². The van der Waals surface area contributed by atoms with Gasteiger partial charge in [-0.25, -0.2) is 0 Å². The van der Waals surface area contributed by atoms with Gasteiger partial charge in [0.1, 0.15) is 11.8 Å². The number of carbonyl (C=O) groups excluding carboxylic acids is 1. The zero-order valence-electron chi connectivity index (χ0n) is 9.30. The van der Waals surface area contributed by atoms with Gasteiger partial charge in [0.25, 0.3) is 0 Å². The molecule has 2 aromatic rings. The summed E-state index contributed by atoms with van der Waals surface area (Å²) in [5.74, 6) is 0.492. The summed E-state index contributed by atoms with van der Waals surface area (Å²) in [4.78, 5) is 11.8. The van der Waals surface area contributed by atoms with Crippen molar-refractivity contribution in [2.75, 3.05) is 0 Å². The number of rotatable bonds is 4. The average Bonchev–Trinajstić information content (AvgIpc) is 2.89. The number of benzene rings is 1. The fourth-order valence-corrected chi connectivity index (χ4v) is 1.51. The highest BCUT2D eigenvalue weighted by Gasteiger charge is 2.14. The Hall–Kier alpha value is -2.07. The molecule has 0 aliphatic carbocycles. The highest BCUT2D eigenvalue weighted by atomic mass is 16.3. The summed E-state index contributed by atoms with van der Waals surface area (Å²) in [6.45, 7) is 0.354. The first-order valence-corrected chi connectivity index (χ1v) is 5.38. The lowest BCUT2D eigenvalue weighted by molar-refractivity contribution is -0.122. The molecule has 1 atom stereocenters. The lowest BCUT2D eigenvalue weighted by Gasteiger charge is -2.11. The van der Waals surface area contributed by atoms with Gasteiger partial charge in [0.15, 0.2) is 0 Å². The summed E-state index contributed by atoms with van der Waals surface area (Å²) in [7, 11) is 0. The number of amides is 1. The molecule has 0 radical (unpaired) electrons. The lowest BCUT2D eigenvalue weighted by atomic mass is 10.1. The first-order valence-electron chi connectivity index (χ1n) is 5.38. The van der Waals surface area contributed by atoms with E-state index in [2.05, 4.69) is 5.32 Å². The first kappa shape index (κ1) is 11.4. The van der Waals surface area contributed by atoms with Crippen LogP contribution in [0.25, 0.3) is 0 Å². The normalized spacial score (nSPS) is 12.1. The summed E-state index contributed by atoms with van der Waals surface area (Å²) in [5, 5.41) is 2.73. The van der Waals surface area contributed by atoms with Crippen LogP contribution in [0.2, 0.25) is 0 Å². The standard InChI is InChI=1S/C13H14N2O2/c14-12(10-5-2-1-3-6-10)13(16)15-9-11-7-4-8-17-11/h1-8,12H,9,14H2,(H,15,16). The van der Waals surface area contributed by atoms with E-state index in [1.54, 1.807) is 18.4 Å². The number of hydrogen-bond donors (Lipinski definition) is 2. The van der Waals surface area contributed by atoms with Crippen LogP contribution in [0.4, 0.5) is 0 Å². The Kier molecular flexibility index (Phi) is 3.57. The molecule has 4 heteroatoms. The Balaban J connectivity index is 1.92. The van der Waals surface area contributed by atoms with E-state index in [0.717, 1.165) is 5.56 Å². The van der Waals surface area contributed by atoms with E-state index < -0.39 is 6.04 Å². The predicted molar refractivity (Wildman–Crippen MR) is 63.9 cm³/mol. The minimum absolute atomic E-state index is 0.215. The van der Waals surface area contributed by atoms with Crippen molar-refractivity contribution < 1.29 is 9.21 Å². The third-order valence-corrected chi connectivity index (χ3v) is 2.46. The number of hydrogen-bond acceptors (Lipinski definition) is 3. The van der Waals surface area contributed by atoms with E-state index in [9.17, 15) is 4.79 Å². The van der Waals surface area contributed by atoms with Crippen molar-refractivity contribution in [3.05, 3.63) is 60.1 Å². The van der Waals surface area contributed by atoms with Crippen molar-refractivity contribution in [2.45, 2.75) is 12.6 Å². The third kappa shape index (κ3) is 2.95. The molecule has 4 nitrogen and oxygen atoms in total. The second-order valence-electron chi connectivity index (χ2n) is 3.69. The minimum Gasteiger partial charge on any atom is -0.467 e. The van der Waals surface area contributed by atoms with Crippen LogP contribution >= 0.6 is 0 Å². The van der Waals surface area contributed by atoms with Crippen LogP contribution in [0.5, 0.6) is 0 Å². The van der Waals surface area contributed by atoms with Crippen molar-refractivity contribution in [3.63, 3.8) is 0 Å². The fourth-order valence-electron chi connectivity index (χ4n) is 1.51. The van der Waals surface area contributed by atoms with Crippen LogP contribution in [-0.4, -0.2) is 5.91 Å². The van der Waals surface area contributed by atoms with Gasteiger partial charge in [-0.2, -0.15) is 0 Å². The van der Waals surface area contributed by atoms with Gasteiger partial charge in [-0.15, -0.1) is 0 Å². The van der Waals surface area contributed by atoms with Crippen molar-refractivity contribution >= 4 is 5.91 Å². The van der Waals surface area contributed by atoms with Crippen molar-refractivity contribution in [3.8, 4) is 0 Å². The second-order valence-corrected chi connectivity index (χ2v) is 3.69. The van der Waals surface area contributed by atoms with Gasteiger partial charge >= 0.3 is 0 Å². The quantitative estimate of drug-likeness (QED) is 0.838. The maximum absolute atomic E-state index is 11.8. The lowest BCUT2D eigenvalue weighted by Crippen LogP contribution is -2.33. The molecule has 1 amide bonds. The summed E-state index contributed by atoms with van der Waals surface area (Å²) in [6.07, 6.45) is 1.57. The van der Waals surface area contributed by atoms with Crippen LogP contribution in [0.1, 0.15) is 17.4 Å². The Labute approximate surface area is 99.4 Å². The molecule has 0 aliphatic rings. The molecule has 88 valence electrons. The summed E-state index contributed by atoms with van der Waals surface area (Å²) in [6, 6.07) is 12.2. The highest BCUT2D eigenvalue weighted by molar-refractivity contribution is 5.82. The average molecular weight is 230 g/mol. The van der Waals surface area contributed by atoms with Crippen LogP contribution < -0.4 is 11.1 Å². The van der Waals surface area contributed by atoms with Crippen LogP contribution in [0, 0.1) is 0 Å². The maximum Gasteiger partial charge on any atom is 0.241 e. The molecule has 17 heavy (non-hydrogen) atoms. The summed E-state index contributed by atoms with van der Waals surface area (Å²) < 4.78 is 5.11. The van der Waals surface area contributed by atoms with E-state index in [1.165, 1.54) is 0 Å². The molecule has 0 saturated heterocycles. The second kappa shape index (κ2) is 5.32. The minimum atomic E-state index is -0.647. The third-order valence-electron chi connectivity index (χ3n) is 2.46. The van der Waals surface area contributed by atoms with E-state index in [0.29, 0.717) is 12.3 Å². The van der Waals surface area contributed by atoms with E-state index >= 15 is 0 Å². The molecule has 1 aromatic carbocycles. The van der Waals surface area contributed by atoms with E-state index in [1.807, 2.05) is 30.3 Å². The molecule has 1 aromatic heterocycles. The molecule has 0 aliphatic heterocycles. The smallest absolute Gasteiger partial charge is 0.241 e. The topological polar surface area (TPSA) is 68.3 Å². The molecular weight excluding hydrogens is 216 g/mol. The number of carbonyl (C=O) groups is 1. The Bertz CT molecular complexity index is 465. The Morgan fingerprint density at radius 2 is 2.00 bits per heavy atom. The Morgan fingerprint density at radius 1 is 1.24 bits per heavy atom. The molecule has 0 bridgehead atoms. The van der Waals surface area contributed by atoms with E-state index in [-0.39, 0.29) is 5.91 Å². The van der Waals surface area contributed by atoms with Gasteiger partial charge in [-0.3, -0.25) is 4.79 Å². The van der Waals surface area contributed by atoms with Gasteiger partial charge in [-0.05, 0) is 17.7 Å². The molecule has 3 N–H and O–H groups in total. The zero-order valence-corrected chi connectivity index (χ0v) is 9.30. The van der Waals surface area contributed by atoms with E-state index in [4.69, 9.17) is 10.2 Å². The van der Waals surface area contributed by atoms with Gasteiger partial charge in [0.2, 0.25) is 5.91 Å². The van der Waals surface area contributed by atoms with Gasteiger partial charge in [0.05, 0.1) is 12.8 Å². The predicted octanol–water partition coefficient (Wildman–Crippen LogP) is 1.60. The van der Waals surface area contributed by atoms with Gasteiger partial charge < -0.3 is 15.5 Å². The molecule has 0 fully saturated rings. The largest absolute Gasteiger partial charge is 0.467 e. The fraction of sp³-hybridized carbons (Fsp3) is 0.154. The molecule has 1 heterocycles.